The van der Waals surface area contributed by atoms with Gasteiger partial charge in [-0.25, -0.2) is 0 Å². The minimum Gasteiger partial charge on any atom is -0.348 e. The van der Waals surface area contributed by atoms with Crippen LogP contribution in [0.2, 0.25) is 0 Å². The molecule has 2 aromatic rings. The molecule has 19 heavy (non-hydrogen) atoms. The molecule has 0 aliphatic carbocycles. The molecular formula is C15H15BrN2S. The molecule has 0 bridgehead atoms. The van der Waals surface area contributed by atoms with Gasteiger partial charge in [-0.1, -0.05) is 46.3 Å². The first-order valence-corrected chi connectivity index (χ1v) is 7.17. The Kier molecular flexibility index (Phi) is 4.93. The van der Waals surface area contributed by atoms with Crippen molar-refractivity contribution in [2.24, 2.45) is 0 Å². The Morgan fingerprint density at radius 3 is 2.37 bits per heavy atom. The van der Waals surface area contributed by atoms with Crippen LogP contribution in [0.1, 0.15) is 5.56 Å². The van der Waals surface area contributed by atoms with Crippen molar-refractivity contribution in [1.29, 1.82) is 0 Å². The number of nitrogens with one attached hydrogen (secondary N) is 1. The van der Waals surface area contributed by atoms with Gasteiger partial charge < -0.3 is 10.2 Å². The Bertz CT molecular complexity index is 540. The minimum atomic E-state index is 0.717. The van der Waals surface area contributed by atoms with Gasteiger partial charge in [0.2, 0.25) is 0 Å². The molecule has 2 aromatic carbocycles. The zero-order chi connectivity index (χ0) is 13.7. The number of para-hydroxylation sites is 1. The fourth-order valence-electron chi connectivity index (χ4n) is 1.68. The third kappa shape index (κ3) is 4.33. The average Bonchev–Trinajstić information content (AvgIpc) is 2.42. The van der Waals surface area contributed by atoms with Crippen LogP contribution in [0.4, 0.5) is 5.69 Å². The highest BCUT2D eigenvalue weighted by atomic mass is 79.9. The first-order valence-electron chi connectivity index (χ1n) is 5.97. The summed E-state index contributed by atoms with van der Waals surface area (Å²) < 4.78 is 1.09. The molecule has 2 rings (SSSR count). The molecule has 0 heterocycles. The molecule has 0 saturated heterocycles. The van der Waals surface area contributed by atoms with Gasteiger partial charge in [0.05, 0.1) is 0 Å². The summed E-state index contributed by atoms with van der Waals surface area (Å²) in [5.41, 5.74) is 2.23. The largest absolute Gasteiger partial charge is 0.348 e. The molecule has 1 N–H and O–H groups in total. The number of nitrogens with zero attached hydrogens (tertiary/aromatic N) is 1. The van der Waals surface area contributed by atoms with E-state index < -0.39 is 0 Å². The SMILES string of the molecule is CN(Cc1ccc(Br)cc1)C(=S)Nc1ccccc1. The van der Waals surface area contributed by atoms with E-state index in [0.29, 0.717) is 5.11 Å². The summed E-state index contributed by atoms with van der Waals surface area (Å²) in [5.74, 6) is 0. The Morgan fingerprint density at radius 1 is 1.11 bits per heavy atom. The zero-order valence-corrected chi connectivity index (χ0v) is 13.0. The Balaban J connectivity index is 1.94. The molecule has 4 heteroatoms. The van der Waals surface area contributed by atoms with Crippen LogP contribution in [0.15, 0.2) is 59.1 Å². The van der Waals surface area contributed by atoms with E-state index in [1.807, 2.05) is 54.4 Å². The summed E-state index contributed by atoms with van der Waals surface area (Å²) in [4.78, 5) is 2.02. The molecule has 98 valence electrons. The molecule has 0 amide bonds. The van der Waals surface area contributed by atoms with E-state index in [0.717, 1.165) is 16.7 Å². The monoisotopic (exact) mass is 334 g/mol. The maximum Gasteiger partial charge on any atom is 0.173 e. The van der Waals surface area contributed by atoms with Crippen LogP contribution in [-0.2, 0) is 6.54 Å². The lowest BCUT2D eigenvalue weighted by atomic mass is 10.2. The summed E-state index contributed by atoms with van der Waals surface area (Å²) in [5, 5.41) is 3.94. The van der Waals surface area contributed by atoms with Crippen LogP contribution in [0, 0.1) is 0 Å². The van der Waals surface area contributed by atoms with Crippen molar-refractivity contribution in [3.05, 3.63) is 64.6 Å². The molecule has 0 aliphatic heterocycles. The maximum atomic E-state index is 5.39. The Morgan fingerprint density at radius 2 is 1.74 bits per heavy atom. The highest BCUT2D eigenvalue weighted by Gasteiger charge is 2.05. The molecule has 0 spiro atoms. The van der Waals surface area contributed by atoms with Gasteiger partial charge in [-0.05, 0) is 42.0 Å². The van der Waals surface area contributed by atoms with Crippen molar-refractivity contribution in [3.8, 4) is 0 Å². The predicted molar refractivity (Wildman–Crippen MR) is 88.3 cm³/mol. The summed E-state index contributed by atoms with van der Waals surface area (Å²) in [6.07, 6.45) is 0. The van der Waals surface area contributed by atoms with Gasteiger partial charge in [-0.3, -0.25) is 0 Å². The van der Waals surface area contributed by atoms with Gasteiger partial charge in [0.25, 0.3) is 0 Å². The number of anilines is 1. The van der Waals surface area contributed by atoms with Crippen LogP contribution < -0.4 is 5.32 Å². The molecule has 0 aromatic heterocycles. The van der Waals surface area contributed by atoms with E-state index in [1.165, 1.54) is 5.56 Å². The van der Waals surface area contributed by atoms with Gasteiger partial charge in [0.1, 0.15) is 0 Å². The number of rotatable bonds is 3. The predicted octanol–water partition coefficient (Wildman–Crippen LogP) is 4.28. The molecular weight excluding hydrogens is 320 g/mol. The third-order valence-electron chi connectivity index (χ3n) is 2.70. The van der Waals surface area contributed by atoms with Crippen LogP contribution in [0.3, 0.4) is 0 Å². The molecule has 0 fully saturated rings. The van der Waals surface area contributed by atoms with Crippen LogP contribution >= 0.6 is 28.1 Å². The van der Waals surface area contributed by atoms with Gasteiger partial charge in [-0.15, -0.1) is 0 Å². The zero-order valence-electron chi connectivity index (χ0n) is 10.6. The van der Waals surface area contributed by atoms with Crippen LogP contribution in [0.25, 0.3) is 0 Å². The van der Waals surface area contributed by atoms with Gasteiger partial charge in [0, 0.05) is 23.8 Å². The smallest absolute Gasteiger partial charge is 0.173 e. The quantitative estimate of drug-likeness (QED) is 0.843. The second-order valence-electron chi connectivity index (χ2n) is 4.28. The lowest BCUT2D eigenvalue weighted by Gasteiger charge is -2.21. The van der Waals surface area contributed by atoms with E-state index in [4.69, 9.17) is 12.2 Å². The number of thiocarbonyl (C=S) groups is 1. The fourth-order valence-corrected chi connectivity index (χ4v) is 2.12. The van der Waals surface area contributed by atoms with Crippen molar-refractivity contribution < 1.29 is 0 Å². The molecule has 0 saturated carbocycles. The van der Waals surface area contributed by atoms with Crippen molar-refractivity contribution in [1.82, 2.24) is 4.90 Å². The van der Waals surface area contributed by atoms with E-state index in [1.54, 1.807) is 0 Å². The number of halogens is 1. The number of benzene rings is 2. The summed E-state index contributed by atoms with van der Waals surface area (Å²) in [6.45, 7) is 0.784. The van der Waals surface area contributed by atoms with Gasteiger partial charge >= 0.3 is 0 Å². The highest BCUT2D eigenvalue weighted by Crippen LogP contribution is 2.13. The topological polar surface area (TPSA) is 15.3 Å². The van der Waals surface area contributed by atoms with E-state index >= 15 is 0 Å². The lowest BCUT2D eigenvalue weighted by Crippen LogP contribution is -2.30. The van der Waals surface area contributed by atoms with Crippen molar-refractivity contribution in [2.75, 3.05) is 12.4 Å². The highest BCUT2D eigenvalue weighted by molar-refractivity contribution is 9.10. The molecule has 0 aliphatic rings. The number of hydrogen-bond donors (Lipinski definition) is 1. The molecule has 0 radical (unpaired) electrons. The summed E-state index contributed by atoms with van der Waals surface area (Å²) in [7, 11) is 1.99. The molecule has 2 nitrogen and oxygen atoms in total. The third-order valence-corrected chi connectivity index (χ3v) is 3.65. The van der Waals surface area contributed by atoms with Crippen molar-refractivity contribution in [3.63, 3.8) is 0 Å². The first kappa shape index (κ1) is 14.0. The lowest BCUT2D eigenvalue weighted by molar-refractivity contribution is 0.508. The second kappa shape index (κ2) is 6.68. The standard InChI is InChI=1S/C15H15BrN2S/c1-18(11-12-7-9-13(16)10-8-12)15(19)17-14-5-3-2-4-6-14/h2-10H,11H2,1H3,(H,17,19). The Hall–Kier alpha value is -1.39. The van der Waals surface area contributed by atoms with Gasteiger partial charge in [0.15, 0.2) is 5.11 Å². The van der Waals surface area contributed by atoms with Crippen molar-refractivity contribution >= 4 is 38.9 Å². The van der Waals surface area contributed by atoms with Crippen LogP contribution in [-0.4, -0.2) is 17.1 Å². The van der Waals surface area contributed by atoms with E-state index in [9.17, 15) is 0 Å². The first-order chi connectivity index (χ1) is 9.15. The van der Waals surface area contributed by atoms with Crippen molar-refractivity contribution in [2.45, 2.75) is 6.54 Å². The van der Waals surface area contributed by atoms with Crippen LogP contribution in [0.5, 0.6) is 0 Å². The van der Waals surface area contributed by atoms with E-state index in [-0.39, 0.29) is 0 Å². The number of hydrogen-bond acceptors (Lipinski definition) is 1. The molecule has 0 unspecified atom stereocenters. The fraction of sp³-hybridized carbons (Fsp3) is 0.133. The van der Waals surface area contributed by atoms with Gasteiger partial charge in [-0.2, -0.15) is 0 Å². The minimum absolute atomic E-state index is 0.717. The maximum absolute atomic E-state index is 5.39. The van der Waals surface area contributed by atoms with E-state index in [2.05, 4.69) is 33.4 Å². The normalized spacial score (nSPS) is 10.0. The molecule has 0 atom stereocenters. The summed E-state index contributed by atoms with van der Waals surface area (Å²) >= 11 is 8.82. The Labute approximate surface area is 127 Å². The second-order valence-corrected chi connectivity index (χ2v) is 5.58. The summed E-state index contributed by atoms with van der Waals surface area (Å²) in [6, 6.07) is 18.2. The average molecular weight is 335 g/mol.